The van der Waals surface area contributed by atoms with Crippen LogP contribution in [0, 0.1) is 20.8 Å². The molecule has 1 aliphatic rings. The molecule has 1 saturated heterocycles. The highest BCUT2D eigenvalue weighted by Gasteiger charge is 2.25. The van der Waals surface area contributed by atoms with Gasteiger partial charge in [0.2, 0.25) is 0 Å². The fourth-order valence-electron chi connectivity index (χ4n) is 3.46. The monoisotopic (exact) mass is 354 g/mol. The van der Waals surface area contributed by atoms with Crippen molar-refractivity contribution in [1.29, 1.82) is 0 Å². The Morgan fingerprint density at radius 1 is 1.23 bits per heavy atom. The minimum atomic E-state index is -0.205. The second-order valence-corrected chi connectivity index (χ2v) is 6.82. The van der Waals surface area contributed by atoms with Gasteiger partial charge in [0, 0.05) is 25.8 Å². The Hall–Kier alpha value is -2.90. The number of nitrogens with zero attached hydrogens (tertiary/aromatic N) is 5. The zero-order chi connectivity index (χ0) is 18.4. The molecule has 0 aliphatic carbocycles. The van der Waals surface area contributed by atoms with E-state index in [0.29, 0.717) is 28.1 Å². The number of carbonyl (C=O) groups is 1. The van der Waals surface area contributed by atoms with Gasteiger partial charge < -0.3 is 14.7 Å². The highest BCUT2D eigenvalue weighted by Crippen LogP contribution is 2.32. The van der Waals surface area contributed by atoms with E-state index in [0.717, 1.165) is 43.1 Å². The number of nitrogens with one attached hydrogen (secondary N) is 1. The van der Waals surface area contributed by atoms with Gasteiger partial charge in [-0.1, -0.05) is 5.16 Å². The Labute approximate surface area is 151 Å². The van der Waals surface area contributed by atoms with Gasteiger partial charge in [0.15, 0.2) is 5.82 Å². The van der Waals surface area contributed by atoms with Crippen LogP contribution in [0.5, 0.6) is 0 Å². The Morgan fingerprint density at radius 2 is 1.96 bits per heavy atom. The van der Waals surface area contributed by atoms with Gasteiger partial charge in [0.25, 0.3) is 11.6 Å². The minimum absolute atomic E-state index is 0.205. The van der Waals surface area contributed by atoms with Crippen molar-refractivity contribution in [3.05, 3.63) is 28.7 Å². The molecule has 3 aromatic rings. The van der Waals surface area contributed by atoms with E-state index in [1.165, 1.54) is 0 Å². The summed E-state index contributed by atoms with van der Waals surface area (Å²) in [5.41, 5.74) is 3.94. The summed E-state index contributed by atoms with van der Waals surface area (Å²) in [7, 11) is 1.89. The second-order valence-electron chi connectivity index (χ2n) is 6.82. The quantitative estimate of drug-likeness (QED) is 0.778. The number of fused-ring (bicyclic) bond motifs is 1. The number of anilines is 2. The lowest BCUT2D eigenvalue weighted by Crippen LogP contribution is -2.21. The molecule has 0 aromatic carbocycles. The molecule has 26 heavy (non-hydrogen) atoms. The Morgan fingerprint density at radius 3 is 2.69 bits per heavy atom. The van der Waals surface area contributed by atoms with Gasteiger partial charge in [0.05, 0.1) is 22.3 Å². The van der Waals surface area contributed by atoms with Gasteiger partial charge in [-0.3, -0.25) is 9.48 Å². The number of amides is 1. The molecule has 4 rings (SSSR count). The molecular weight excluding hydrogens is 332 g/mol. The molecule has 136 valence electrons. The van der Waals surface area contributed by atoms with Crippen molar-refractivity contribution in [2.24, 2.45) is 7.05 Å². The molecule has 4 heterocycles. The standard InChI is InChI=1S/C18H22N6O2/c1-10-9-13(14-11(2)22-26-18(14)19-10)17(25)20-15-12(3)23(4)21-16(15)24-7-5-6-8-24/h9H,5-8H2,1-4H3,(H,20,25). The van der Waals surface area contributed by atoms with Crippen LogP contribution in [0.3, 0.4) is 0 Å². The van der Waals surface area contributed by atoms with Crippen molar-refractivity contribution in [3.63, 3.8) is 0 Å². The molecule has 0 bridgehead atoms. The third kappa shape index (κ3) is 2.61. The first-order valence-corrected chi connectivity index (χ1v) is 8.79. The smallest absolute Gasteiger partial charge is 0.258 e. The highest BCUT2D eigenvalue weighted by molar-refractivity contribution is 6.13. The summed E-state index contributed by atoms with van der Waals surface area (Å²) in [4.78, 5) is 19.6. The fourth-order valence-corrected chi connectivity index (χ4v) is 3.46. The first kappa shape index (κ1) is 16.6. The molecule has 3 aromatic heterocycles. The van der Waals surface area contributed by atoms with Crippen LogP contribution in [0.25, 0.3) is 11.1 Å². The first-order chi connectivity index (χ1) is 12.5. The van der Waals surface area contributed by atoms with E-state index in [1.807, 2.05) is 27.8 Å². The van der Waals surface area contributed by atoms with Gasteiger partial charge in [-0.2, -0.15) is 5.10 Å². The van der Waals surface area contributed by atoms with Crippen LogP contribution >= 0.6 is 0 Å². The van der Waals surface area contributed by atoms with Crippen molar-refractivity contribution >= 4 is 28.5 Å². The molecule has 1 amide bonds. The maximum atomic E-state index is 13.1. The predicted octanol–water partition coefficient (Wildman–Crippen LogP) is 2.73. The van der Waals surface area contributed by atoms with E-state index in [1.54, 1.807) is 10.7 Å². The van der Waals surface area contributed by atoms with E-state index < -0.39 is 0 Å². The van der Waals surface area contributed by atoms with Crippen LogP contribution in [0.4, 0.5) is 11.5 Å². The number of hydrogen-bond acceptors (Lipinski definition) is 6. The fraction of sp³-hybridized carbons (Fsp3) is 0.444. The van der Waals surface area contributed by atoms with E-state index in [2.05, 4.69) is 25.5 Å². The molecule has 0 atom stereocenters. The molecule has 8 heteroatoms. The van der Waals surface area contributed by atoms with Crippen molar-refractivity contribution < 1.29 is 9.32 Å². The van der Waals surface area contributed by atoms with E-state index in [-0.39, 0.29) is 5.91 Å². The van der Waals surface area contributed by atoms with Crippen LogP contribution in [-0.4, -0.2) is 38.9 Å². The third-order valence-electron chi connectivity index (χ3n) is 4.95. The summed E-state index contributed by atoms with van der Waals surface area (Å²) in [5.74, 6) is 0.628. The number of pyridine rings is 1. The number of aromatic nitrogens is 4. The molecule has 0 unspecified atom stereocenters. The zero-order valence-corrected chi connectivity index (χ0v) is 15.5. The number of rotatable bonds is 3. The minimum Gasteiger partial charge on any atom is -0.353 e. The summed E-state index contributed by atoms with van der Waals surface area (Å²) < 4.78 is 7.04. The SMILES string of the molecule is Cc1cc(C(=O)Nc2c(N3CCCC3)nn(C)c2C)c2c(C)noc2n1. The van der Waals surface area contributed by atoms with Crippen molar-refractivity contribution in [2.45, 2.75) is 33.6 Å². The van der Waals surface area contributed by atoms with Crippen LogP contribution in [-0.2, 0) is 7.05 Å². The molecule has 0 spiro atoms. The van der Waals surface area contributed by atoms with Gasteiger partial charge in [-0.25, -0.2) is 4.98 Å². The zero-order valence-electron chi connectivity index (χ0n) is 15.5. The lowest BCUT2D eigenvalue weighted by atomic mass is 10.1. The Kier molecular flexibility index (Phi) is 3.90. The maximum absolute atomic E-state index is 13.1. The maximum Gasteiger partial charge on any atom is 0.258 e. The first-order valence-electron chi connectivity index (χ1n) is 8.79. The molecular formula is C18H22N6O2. The van der Waals surface area contributed by atoms with Crippen LogP contribution < -0.4 is 10.2 Å². The number of carbonyl (C=O) groups excluding carboxylic acids is 1. The van der Waals surface area contributed by atoms with E-state index in [4.69, 9.17) is 4.52 Å². The van der Waals surface area contributed by atoms with E-state index in [9.17, 15) is 4.79 Å². The van der Waals surface area contributed by atoms with Gasteiger partial charge in [-0.15, -0.1) is 0 Å². The van der Waals surface area contributed by atoms with Gasteiger partial charge in [0.1, 0.15) is 5.69 Å². The Bertz CT molecular complexity index is 997. The lowest BCUT2D eigenvalue weighted by Gasteiger charge is -2.17. The summed E-state index contributed by atoms with van der Waals surface area (Å²) in [6.45, 7) is 7.52. The average Bonchev–Trinajstić information content (AvgIpc) is 3.31. The number of hydrogen-bond donors (Lipinski definition) is 1. The summed E-state index contributed by atoms with van der Waals surface area (Å²) in [6, 6.07) is 1.77. The average molecular weight is 354 g/mol. The van der Waals surface area contributed by atoms with Crippen molar-refractivity contribution in [1.82, 2.24) is 19.9 Å². The molecule has 8 nitrogen and oxygen atoms in total. The van der Waals surface area contributed by atoms with E-state index >= 15 is 0 Å². The highest BCUT2D eigenvalue weighted by atomic mass is 16.5. The van der Waals surface area contributed by atoms with Gasteiger partial charge in [-0.05, 0) is 39.7 Å². The Balaban J connectivity index is 1.75. The molecule has 0 saturated carbocycles. The second kappa shape index (κ2) is 6.12. The molecule has 1 aliphatic heterocycles. The predicted molar refractivity (Wildman–Crippen MR) is 98.6 cm³/mol. The van der Waals surface area contributed by atoms with Crippen molar-refractivity contribution in [3.8, 4) is 0 Å². The number of aryl methyl sites for hydroxylation is 3. The van der Waals surface area contributed by atoms with Crippen molar-refractivity contribution in [2.75, 3.05) is 23.3 Å². The van der Waals surface area contributed by atoms with Gasteiger partial charge >= 0.3 is 0 Å². The normalized spacial score (nSPS) is 14.4. The topological polar surface area (TPSA) is 89.1 Å². The largest absolute Gasteiger partial charge is 0.353 e. The van der Waals surface area contributed by atoms with Crippen LogP contribution in [0.2, 0.25) is 0 Å². The summed E-state index contributed by atoms with van der Waals surface area (Å²) in [5, 5.41) is 12.3. The summed E-state index contributed by atoms with van der Waals surface area (Å²) >= 11 is 0. The lowest BCUT2D eigenvalue weighted by molar-refractivity contribution is 0.102. The third-order valence-corrected chi connectivity index (χ3v) is 4.95. The van der Waals surface area contributed by atoms with Crippen LogP contribution in [0.15, 0.2) is 10.6 Å². The molecule has 1 fully saturated rings. The molecule has 1 N–H and O–H groups in total. The van der Waals surface area contributed by atoms with Crippen LogP contribution in [0.1, 0.15) is 40.3 Å². The molecule has 0 radical (unpaired) electrons. The summed E-state index contributed by atoms with van der Waals surface area (Å²) in [6.07, 6.45) is 2.29.